The molecule has 2 aliphatic rings. The maximum absolute atomic E-state index is 11.6. The van der Waals surface area contributed by atoms with Gasteiger partial charge in [0.1, 0.15) is 0 Å². The molecule has 1 N–H and O–H groups in total. The summed E-state index contributed by atoms with van der Waals surface area (Å²) in [5.41, 5.74) is 2.30. The molecule has 1 aliphatic carbocycles. The summed E-state index contributed by atoms with van der Waals surface area (Å²) in [6, 6.07) is 8.24. The molecule has 2 unspecified atom stereocenters. The first kappa shape index (κ1) is 13.6. The molecule has 20 heavy (non-hydrogen) atoms. The van der Waals surface area contributed by atoms with Gasteiger partial charge in [0.05, 0.1) is 6.10 Å². The number of aliphatic hydroxyl groups is 1. The Morgan fingerprint density at radius 2 is 2.20 bits per heavy atom. The molecular weight excluding hydrogens is 252 g/mol. The van der Waals surface area contributed by atoms with Crippen molar-refractivity contribution in [3.05, 3.63) is 35.4 Å². The minimum atomic E-state index is -0.412. The SMILES string of the molecule is CN(CCN1CCCC1=O)C1Cc2ccccc2C1O. The van der Waals surface area contributed by atoms with Gasteiger partial charge in [0.2, 0.25) is 5.91 Å². The van der Waals surface area contributed by atoms with E-state index < -0.39 is 6.10 Å². The Kier molecular flexibility index (Phi) is 3.76. The molecule has 4 heteroatoms. The van der Waals surface area contributed by atoms with Crippen molar-refractivity contribution in [3.63, 3.8) is 0 Å². The van der Waals surface area contributed by atoms with Gasteiger partial charge in [-0.05, 0) is 31.0 Å². The third-order valence-electron chi connectivity index (χ3n) is 4.63. The Morgan fingerprint density at radius 1 is 1.40 bits per heavy atom. The van der Waals surface area contributed by atoms with E-state index in [4.69, 9.17) is 0 Å². The van der Waals surface area contributed by atoms with E-state index in [1.54, 1.807) is 0 Å². The molecule has 1 aliphatic heterocycles. The first-order valence-corrected chi connectivity index (χ1v) is 7.40. The van der Waals surface area contributed by atoms with Crippen LogP contribution >= 0.6 is 0 Å². The Labute approximate surface area is 120 Å². The van der Waals surface area contributed by atoms with Gasteiger partial charge in [-0.3, -0.25) is 9.69 Å². The fourth-order valence-electron chi connectivity index (χ4n) is 3.33. The molecule has 2 atom stereocenters. The van der Waals surface area contributed by atoms with Crippen LogP contribution in [0.5, 0.6) is 0 Å². The smallest absolute Gasteiger partial charge is 0.222 e. The zero-order chi connectivity index (χ0) is 14.1. The van der Waals surface area contributed by atoms with Crippen LogP contribution in [0.3, 0.4) is 0 Å². The highest BCUT2D eigenvalue weighted by molar-refractivity contribution is 5.78. The maximum atomic E-state index is 11.6. The van der Waals surface area contributed by atoms with E-state index >= 15 is 0 Å². The minimum absolute atomic E-state index is 0.130. The number of fused-ring (bicyclic) bond motifs is 1. The molecule has 108 valence electrons. The Balaban J connectivity index is 1.59. The molecule has 1 amide bonds. The summed E-state index contributed by atoms with van der Waals surface area (Å²) in [6.07, 6.45) is 2.16. The number of amides is 1. The van der Waals surface area contributed by atoms with Crippen LogP contribution in [-0.4, -0.2) is 53.5 Å². The number of hydrogen-bond donors (Lipinski definition) is 1. The van der Waals surface area contributed by atoms with Crippen LogP contribution in [0.4, 0.5) is 0 Å². The topological polar surface area (TPSA) is 43.8 Å². The lowest BCUT2D eigenvalue weighted by Crippen LogP contribution is -2.41. The molecule has 1 aromatic rings. The lowest BCUT2D eigenvalue weighted by Gasteiger charge is -2.29. The highest BCUT2D eigenvalue weighted by Gasteiger charge is 2.33. The molecule has 1 fully saturated rings. The Morgan fingerprint density at radius 3 is 2.90 bits per heavy atom. The zero-order valence-electron chi connectivity index (χ0n) is 12.0. The van der Waals surface area contributed by atoms with Gasteiger partial charge < -0.3 is 10.0 Å². The van der Waals surface area contributed by atoms with E-state index in [0.717, 1.165) is 38.0 Å². The standard InChI is InChI=1S/C16H22N2O2/c1-17(9-10-18-8-4-7-15(18)19)14-11-12-5-2-3-6-13(12)16(14)20/h2-3,5-6,14,16,20H,4,7-11H2,1H3. The van der Waals surface area contributed by atoms with Crippen LogP contribution in [0.2, 0.25) is 0 Å². The number of carbonyl (C=O) groups is 1. The van der Waals surface area contributed by atoms with Gasteiger partial charge in [-0.25, -0.2) is 0 Å². The van der Waals surface area contributed by atoms with Gasteiger partial charge in [-0.2, -0.15) is 0 Å². The number of nitrogens with zero attached hydrogens (tertiary/aromatic N) is 2. The average molecular weight is 274 g/mol. The van der Waals surface area contributed by atoms with Gasteiger partial charge in [0.25, 0.3) is 0 Å². The van der Waals surface area contributed by atoms with E-state index in [2.05, 4.69) is 11.0 Å². The number of hydrogen-bond acceptors (Lipinski definition) is 3. The normalized spacial score (nSPS) is 25.6. The number of carbonyl (C=O) groups excluding carboxylic acids is 1. The van der Waals surface area contributed by atoms with Crippen molar-refractivity contribution >= 4 is 5.91 Å². The largest absolute Gasteiger partial charge is 0.387 e. The number of rotatable bonds is 4. The summed E-state index contributed by atoms with van der Waals surface area (Å²) in [6.45, 7) is 2.48. The van der Waals surface area contributed by atoms with Crippen LogP contribution in [-0.2, 0) is 11.2 Å². The number of aliphatic hydroxyl groups excluding tert-OH is 1. The fourth-order valence-corrected chi connectivity index (χ4v) is 3.33. The number of likely N-dealkylation sites (N-methyl/N-ethyl adjacent to an activating group) is 1. The van der Waals surface area contributed by atoms with Crippen LogP contribution in [0.1, 0.15) is 30.1 Å². The van der Waals surface area contributed by atoms with Crippen molar-refractivity contribution in [2.24, 2.45) is 0 Å². The summed E-state index contributed by atoms with van der Waals surface area (Å²) in [5, 5.41) is 10.4. The molecular formula is C16H22N2O2. The van der Waals surface area contributed by atoms with E-state index in [9.17, 15) is 9.90 Å². The second kappa shape index (κ2) is 5.54. The van der Waals surface area contributed by atoms with Crippen LogP contribution < -0.4 is 0 Å². The number of likely N-dealkylation sites (tertiary alicyclic amines) is 1. The molecule has 0 radical (unpaired) electrons. The summed E-state index contributed by atoms with van der Waals surface area (Å²) in [4.78, 5) is 15.7. The summed E-state index contributed by atoms with van der Waals surface area (Å²) in [5.74, 6) is 0.272. The van der Waals surface area contributed by atoms with Gasteiger partial charge >= 0.3 is 0 Å². The van der Waals surface area contributed by atoms with Crippen LogP contribution in [0.25, 0.3) is 0 Å². The van der Waals surface area contributed by atoms with Crippen molar-refractivity contribution in [1.29, 1.82) is 0 Å². The van der Waals surface area contributed by atoms with E-state index in [-0.39, 0.29) is 11.9 Å². The van der Waals surface area contributed by atoms with Gasteiger partial charge in [-0.15, -0.1) is 0 Å². The van der Waals surface area contributed by atoms with Crippen molar-refractivity contribution in [1.82, 2.24) is 9.80 Å². The van der Waals surface area contributed by atoms with Crippen molar-refractivity contribution in [3.8, 4) is 0 Å². The van der Waals surface area contributed by atoms with E-state index in [0.29, 0.717) is 6.42 Å². The van der Waals surface area contributed by atoms with E-state index in [1.807, 2.05) is 30.1 Å². The average Bonchev–Trinajstić information content (AvgIpc) is 3.01. The number of benzene rings is 1. The third-order valence-corrected chi connectivity index (χ3v) is 4.63. The summed E-state index contributed by atoms with van der Waals surface area (Å²) < 4.78 is 0. The molecule has 0 saturated carbocycles. The van der Waals surface area contributed by atoms with Gasteiger partial charge in [-0.1, -0.05) is 24.3 Å². The molecule has 1 aromatic carbocycles. The first-order valence-electron chi connectivity index (χ1n) is 7.40. The first-order chi connectivity index (χ1) is 9.66. The summed E-state index contributed by atoms with van der Waals surface area (Å²) >= 11 is 0. The third kappa shape index (κ3) is 2.45. The zero-order valence-corrected chi connectivity index (χ0v) is 12.0. The van der Waals surface area contributed by atoms with Crippen molar-refractivity contribution in [2.45, 2.75) is 31.4 Å². The van der Waals surface area contributed by atoms with Crippen molar-refractivity contribution in [2.75, 3.05) is 26.7 Å². The minimum Gasteiger partial charge on any atom is -0.387 e. The van der Waals surface area contributed by atoms with Gasteiger partial charge in [0.15, 0.2) is 0 Å². The maximum Gasteiger partial charge on any atom is 0.222 e. The lowest BCUT2D eigenvalue weighted by atomic mass is 10.1. The molecule has 4 nitrogen and oxygen atoms in total. The predicted molar refractivity (Wildman–Crippen MR) is 77.3 cm³/mol. The highest BCUT2D eigenvalue weighted by atomic mass is 16.3. The molecule has 0 aromatic heterocycles. The lowest BCUT2D eigenvalue weighted by molar-refractivity contribution is -0.127. The van der Waals surface area contributed by atoms with E-state index in [1.165, 1.54) is 5.56 Å². The quantitative estimate of drug-likeness (QED) is 0.897. The summed E-state index contributed by atoms with van der Waals surface area (Å²) in [7, 11) is 2.04. The molecule has 3 rings (SSSR count). The van der Waals surface area contributed by atoms with Gasteiger partial charge in [0, 0.05) is 32.1 Å². The molecule has 1 saturated heterocycles. The van der Waals surface area contributed by atoms with Crippen LogP contribution in [0.15, 0.2) is 24.3 Å². The molecule has 0 bridgehead atoms. The Bertz CT molecular complexity index is 503. The fraction of sp³-hybridized carbons (Fsp3) is 0.562. The monoisotopic (exact) mass is 274 g/mol. The molecule has 1 heterocycles. The highest BCUT2D eigenvalue weighted by Crippen LogP contribution is 2.33. The second-order valence-electron chi connectivity index (χ2n) is 5.88. The predicted octanol–water partition coefficient (Wildman–Crippen LogP) is 1.20. The molecule has 0 spiro atoms. The second-order valence-corrected chi connectivity index (χ2v) is 5.88. The van der Waals surface area contributed by atoms with Crippen LogP contribution in [0, 0.1) is 0 Å². The van der Waals surface area contributed by atoms with Crippen molar-refractivity contribution < 1.29 is 9.90 Å². The Hall–Kier alpha value is -1.39.